The Morgan fingerprint density at radius 1 is 0.972 bits per heavy atom. The molecule has 3 aromatic rings. The number of aliphatic hydroxyl groups excluding tert-OH is 1. The molecule has 1 atom stereocenters. The van der Waals surface area contributed by atoms with Crippen LogP contribution in [0.4, 0.5) is 5.95 Å². The van der Waals surface area contributed by atoms with E-state index in [4.69, 9.17) is 9.97 Å². The molecule has 1 unspecified atom stereocenters. The monoisotopic (exact) mass is 487 g/mol. The van der Waals surface area contributed by atoms with Crippen LogP contribution in [-0.4, -0.2) is 48.8 Å². The quantitative estimate of drug-likeness (QED) is 0.390. The van der Waals surface area contributed by atoms with Crippen molar-refractivity contribution in [1.29, 1.82) is 0 Å². The molecule has 3 fully saturated rings. The van der Waals surface area contributed by atoms with E-state index in [0.717, 1.165) is 68.2 Å². The molecule has 6 nitrogen and oxygen atoms in total. The lowest BCUT2D eigenvalue weighted by molar-refractivity contribution is 0.111. The van der Waals surface area contributed by atoms with E-state index in [1.165, 1.54) is 42.4 Å². The highest BCUT2D eigenvalue weighted by atomic mass is 16.3. The van der Waals surface area contributed by atoms with Crippen LogP contribution < -0.4 is 5.32 Å². The molecule has 0 spiro atoms. The number of hydrogen-bond acceptors (Lipinski definition) is 5. The smallest absolute Gasteiger partial charge is 0.224 e. The summed E-state index contributed by atoms with van der Waals surface area (Å²) < 4.78 is 2.36. The number of hydrogen-bond donors (Lipinski definition) is 2. The first-order valence-electron chi connectivity index (χ1n) is 14.3. The third-order valence-corrected chi connectivity index (χ3v) is 8.96. The van der Waals surface area contributed by atoms with Crippen LogP contribution in [0.5, 0.6) is 0 Å². The van der Waals surface area contributed by atoms with E-state index in [1.807, 2.05) is 6.20 Å². The third-order valence-electron chi connectivity index (χ3n) is 8.96. The Morgan fingerprint density at radius 3 is 2.31 bits per heavy atom. The zero-order valence-corrected chi connectivity index (χ0v) is 21.9. The molecule has 2 N–H and O–H groups in total. The van der Waals surface area contributed by atoms with Crippen molar-refractivity contribution in [3.63, 3.8) is 0 Å². The maximum Gasteiger partial charge on any atom is 0.224 e. The Kier molecular flexibility index (Phi) is 6.74. The van der Waals surface area contributed by atoms with Crippen molar-refractivity contribution in [2.24, 2.45) is 0 Å². The maximum atomic E-state index is 10.1. The lowest BCUT2D eigenvalue weighted by atomic mass is 9.93. The molecule has 4 heterocycles. The zero-order valence-electron chi connectivity index (χ0n) is 21.9. The molecular formula is C30H41N5O. The third kappa shape index (κ3) is 4.66. The molecule has 6 heteroatoms. The molecule has 2 aromatic heterocycles. The highest BCUT2D eigenvalue weighted by molar-refractivity contribution is 5.94. The van der Waals surface area contributed by atoms with Gasteiger partial charge in [-0.25, -0.2) is 4.98 Å². The van der Waals surface area contributed by atoms with Gasteiger partial charge in [-0.05, 0) is 75.8 Å². The second-order valence-electron chi connectivity index (χ2n) is 11.5. The van der Waals surface area contributed by atoms with Crippen molar-refractivity contribution < 1.29 is 5.11 Å². The van der Waals surface area contributed by atoms with E-state index in [1.54, 1.807) is 0 Å². The number of aromatic nitrogens is 3. The molecule has 2 saturated heterocycles. The van der Waals surface area contributed by atoms with Crippen LogP contribution >= 0.6 is 0 Å². The summed E-state index contributed by atoms with van der Waals surface area (Å²) in [6, 6.07) is 11.5. The predicted octanol–water partition coefficient (Wildman–Crippen LogP) is 6.30. The normalized spacial score (nSPS) is 27.1. The molecule has 192 valence electrons. The summed E-state index contributed by atoms with van der Waals surface area (Å²) >= 11 is 0. The summed E-state index contributed by atoms with van der Waals surface area (Å²) in [5.41, 5.74) is 4.85. The molecule has 1 saturated carbocycles. The largest absolute Gasteiger partial charge is 0.393 e. The van der Waals surface area contributed by atoms with Crippen LogP contribution in [0.15, 0.2) is 36.7 Å². The van der Waals surface area contributed by atoms with E-state index >= 15 is 0 Å². The first kappa shape index (κ1) is 23.9. The number of fused-ring (bicyclic) bond motifs is 3. The molecule has 36 heavy (non-hydrogen) atoms. The Labute approximate surface area is 215 Å². The topological polar surface area (TPSA) is 66.2 Å². The summed E-state index contributed by atoms with van der Waals surface area (Å²) in [5.74, 6) is 0.709. The highest BCUT2D eigenvalue weighted by Crippen LogP contribution is 2.39. The second kappa shape index (κ2) is 10.1. The second-order valence-corrected chi connectivity index (χ2v) is 11.5. The molecule has 6 rings (SSSR count). The van der Waals surface area contributed by atoms with Crippen LogP contribution in [0.1, 0.15) is 89.7 Å². The highest BCUT2D eigenvalue weighted by Gasteiger charge is 2.38. The fraction of sp³-hybridized carbons (Fsp3) is 0.600. The van der Waals surface area contributed by atoms with Gasteiger partial charge >= 0.3 is 0 Å². The average molecular weight is 488 g/mol. The SMILES string of the molecule is CCCC(C)Nc1ncc2c(-c3ccc(CN4C5CCC4CC5)cc3)cn(C3CCC(O)CC3)c2n1. The van der Waals surface area contributed by atoms with Gasteiger partial charge in [0.05, 0.1) is 6.10 Å². The zero-order chi connectivity index (χ0) is 24.6. The minimum atomic E-state index is -0.164. The first-order valence-corrected chi connectivity index (χ1v) is 14.3. The number of anilines is 1. The summed E-state index contributed by atoms with van der Waals surface area (Å²) in [4.78, 5) is 12.5. The Hall–Kier alpha value is -2.44. The molecule has 3 aliphatic rings. The molecule has 1 aromatic carbocycles. The van der Waals surface area contributed by atoms with Gasteiger partial charge in [0.15, 0.2) is 0 Å². The molecule has 2 bridgehead atoms. The molecular weight excluding hydrogens is 446 g/mol. The van der Waals surface area contributed by atoms with Gasteiger partial charge < -0.3 is 15.0 Å². The van der Waals surface area contributed by atoms with Crippen molar-refractivity contribution in [2.75, 3.05) is 5.32 Å². The van der Waals surface area contributed by atoms with Crippen LogP contribution in [-0.2, 0) is 6.54 Å². The van der Waals surface area contributed by atoms with Crippen molar-refractivity contribution in [3.8, 4) is 11.1 Å². The van der Waals surface area contributed by atoms with Crippen molar-refractivity contribution in [3.05, 3.63) is 42.2 Å². The predicted molar refractivity (Wildman–Crippen MR) is 146 cm³/mol. The van der Waals surface area contributed by atoms with E-state index < -0.39 is 0 Å². The van der Waals surface area contributed by atoms with Gasteiger partial charge in [0.1, 0.15) is 5.65 Å². The van der Waals surface area contributed by atoms with E-state index in [0.29, 0.717) is 18.0 Å². The van der Waals surface area contributed by atoms with Gasteiger partial charge in [0.2, 0.25) is 5.95 Å². The van der Waals surface area contributed by atoms with Gasteiger partial charge in [0.25, 0.3) is 0 Å². The minimum Gasteiger partial charge on any atom is -0.393 e. The van der Waals surface area contributed by atoms with Crippen LogP contribution in [0.3, 0.4) is 0 Å². The molecule has 0 radical (unpaired) electrons. The standard InChI is InChI=1S/C30H41N5O/c1-3-4-20(2)32-30-31-17-27-28(19-35(29(27)33-30)25-13-15-26(36)16-14-25)22-7-5-21(6-8-22)18-34-23-9-10-24(34)12-11-23/h5-8,17,19-20,23-26,36H,3-4,9-16,18H2,1-2H3,(H,31,32,33). The lowest BCUT2D eigenvalue weighted by Crippen LogP contribution is -2.27. The lowest BCUT2D eigenvalue weighted by Gasteiger charge is -2.27. The van der Waals surface area contributed by atoms with Crippen LogP contribution in [0, 0.1) is 0 Å². The average Bonchev–Trinajstić information content (AvgIpc) is 3.58. The summed E-state index contributed by atoms with van der Waals surface area (Å²) in [6.45, 7) is 5.48. The van der Waals surface area contributed by atoms with Crippen LogP contribution in [0.2, 0.25) is 0 Å². The molecule has 1 aliphatic carbocycles. The number of rotatable bonds is 8. The van der Waals surface area contributed by atoms with Crippen molar-refractivity contribution >= 4 is 17.0 Å². The van der Waals surface area contributed by atoms with Gasteiger partial charge in [-0.3, -0.25) is 4.90 Å². The fourth-order valence-corrected chi connectivity index (χ4v) is 6.95. The van der Waals surface area contributed by atoms with E-state index in [-0.39, 0.29) is 6.10 Å². The summed E-state index contributed by atoms with van der Waals surface area (Å²) in [6.07, 6.45) is 15.6. The Bertz CT molecular complexity index is 1160. The van der Waals surface area contributed by atoms with Gasteiger partial charge in [-0.1, -0.05) is 37.6 Å². The number of nitrogens with zero attached hydrogens (tertiary/aromatic N) is 4. The van der Waals surface area contributed by atoms with Gasteiger partial charge in [-0.15, -0.1) is 0 Å². The number of aliphatic hydroxyl groups is 1. The molecule has 2 aliphatic heterocycles. The van der Waals surface area contributed by atoms with E-state index in [9.17, 15) is 5.11 Å². The summed E-state index contributed by atoms with van der Waals surface area (Å²) in [7, 11) is 0. The number of nitrogens with one attached hydrogen (secondary N) is 1. The van der Waals surface area contributed by atoms with Gasteiger partial charge in [0, 0.05) is 54.1 Å². The number of benzene rings is 1. The minimum absolute atomic E-state index is 0.164. The van der Waals surface area contributed by atoms with Gasteiger partial charge in [-0.2, -0.15) is 4.98 Å². The Morgan fingerprint density at radius 2 is 1.64 bits per heavy atom. The Balaban J connectivity index is 1.30. The van der Waals surface area contributed by atoms with E-state index in [2.05, 4.69) is 59.1 Å². The first-order chi connectivity index (χ1) is 17.6. The summed E-state index contributed by atoms with van der Waals surface area (Å²) in [5, 5.41) is 14.7. The molecule has 0 amide bonds. The van der Waals surface area contributed by atoms with Crippen molar-refractivity contribution in [2.45, 2.75) is 115 Å². The fourth-order valence-electron chi connectivity index (χ4n) is 6.95. The van der Waals surface area contributed by atoms with Crippen LogP contribution in [0.25, 0.3) is 22.2 Å². The maximum absolute atomic E-state index is 10.1. The van der Waals surface area contributed by atoms with Crippen molar-refractivity contribution in [1.82, 2.24) is 19.4 Å².